The summed E-state index contributed by atoms with van der Waals surface area (Å²) in [6.45, 7) is 4.10. The Morgan fingerprint density at radius 2 is 1.67 bits per heavy atom. The predicted molar refractivity (Wildman–Crippen MR) is 135 cm³/mol. The van der Waals surface area contributed by atoms with Crippen LogP contribution in [0.25, 0.3) is 0 Å². The molecule has 2 atom stereocenters. The minimum absolute atomic E-state index is 0.0913. The zero-order valence-electron chi connectivity index (χ0n) is 20.1. The summed E-state index contributed by atoms with van der Waals surface area (Å²) >= 11 is 0. The molecule has 1 heterocycles. The molecule has 0 spiro atoms. The summed E-state index contributed by atoms with van der Waals surface area (Å²) in [5.74, 6) is -0.845. The third-order valence-electron chi connectivity index (χ3n) is 5.76. The van der Waals surface area contributed by atoms with Crippen LogP contribution in [0.3, 0.4) is 0 Å². The van der Waals surface area contributed by atoms with Crippen LogP contribution in [-0.4, -0.2) is 28.8 Å². The lowest BCUT2D eigenvalue weighted by atomic mass is 10.00. The monoisotopic (exact) mass is 489 g/mol. The first-order valence-electron chi connectivity index (χ1n) is 11.8. The number of carbonyl (C=O) groups excluding carboxylic acids is 3. The van der Waals surface area contributed by atoms with Crippen LogP contribution in [0.4, 0.5) is 20.6 Å². The lowest BCUT2D eigenvalue weighted by Gasteiger charge is -2.24. The molecular weight excluding hydrogens is 461 g/mol. The number of hydrogen-bond acceptors (Lipinski definition) is 4. The molecule has 3 amide bonds. The van der Waals surface area contributed by atoms with Crippen molar-refractivity contribution in [1.82, 2.24) is 4.90 Å². The quantitative estimate of drug-likeness (QED) is 0.437. The van der Waals surface area contributed by atoms with E-state index in [9.17, 15) is 18.8 Å². The maximum atomic E-state index is 13.7. The summed E-state index contributed by atoms with van der Waals surface area (Å²) < 4.78 is 19.4. The van der Waals surface area contributed by atoms with Gasteiger partial charge in [-0.25, -0.2) is 9.18 Å². The third kappa shape index (κ3) is 6.07. The molecule has 3 aromatic carbocycles. The predicted octanol–water partition coefficient (Wildman–Crippen LogP) is 5.51. The van der Waals surface area contributed by atoms with E-state index in [-0.39, 0.29) is 24.1 Å². The number of carbonyl (C=O) groups is 3. The van der Waals surface area contributed by atoms with E-state index in [4.69, 9.17) is 4.74 Å². The largest absolute Gasteiger partial charge is 0.438 e. The minimum Gasteiger partial charge on any atom is -0.438 e. The van der Waals surface area contributed by atoms with Gasteiger partial charge in [0.2, 0.25) is 5.91 Å². The number of ether oxygens (including phenoxy) is 1. The Kier molecular flexibility index (Phi) is 7.63. The number of nitrogens with one attached hydrogen (secondary N) is 2. The molecule has 0 aliphatic carbocycles. The molecule has 1 fully saturated rings. The van der Waals surface area contributed by atoms with Gasteiger partial charge in [0.15, 0.2) is 12.1 Å². The van der Waals surface area contributed by atoms with Gasteiger partial charge in [0, 0.05) is 17.8 Å². The van der Waals surface area contributed by atoms with Gasteiger partial charge >= 0.3 is 6.09 Å². The van der Waals surface area contributed by atoms with Gasteiger partial charge in [-0.2, -0.15) is 0 Å². The Morgan fingerprint density at radius 1 is 0.944 bits per heavy atom. The highest BCUT2D eigenvalue weighted by molar-refractivity contribution is 5.98. The van der Waals surface area contributed by atoms with E-state index >= 15 is 0 Å². The maximum Gasteiger partial charge on any atom is 0.411 e. The molecular formula is C28H28FN3O4. The topological polar surface area (TPSA) is 87.7 Å². The Balaban J connectivity index is 1.59. The van der Waals surface area contributed by atoms with E-state index in [0.29, 0.717) is 17.7 Å². The Morgan fingerprint density at radius 3 is 2.33 bits per heavy atom. The van der Waals surface area contributed by atoms with Crippen LogP contribution in [0.1, 0.15) is 37.5 Å². The molecule has 1 saturated heterocycles. The lowest BCUT2D eigenvalue weighted by Crippen LogP contribution is -2.43. The molecule has 7 nitrogen and oxygen atoms in total. The number of hydrogen-bond donors (Lipinski definition) is 2. The number of anilines is 2. The SMILES string of the molecule is CC(C)CC(=O)Nc1ccc(C2OC(=O)N(Cc3ccccc3)C2C(=O)Nc2cccc(F)c2)cc1. The lowest BCUT2D eigenvalue weighted by molar-refractivity contribution is -0.121. The minimum atomic E-state index is -0.998. The molecule has 0 radical (unpaired) electrons. The number of nitrogens with zero attached hydrogens (tertiary/aromatic N) is 1. The fraction of sp³-hybridized carbons (Fsp3) is 0.250. The van der Waals surface area contributed by atoms with Crippen LogP contribution in [-0.2, 0) is 20.9 Å². The molecule has 186 valence electrons. The Labute approximate surface area is 209 Å². The van der Waals surface area contributed by atoms with Crippen LogP contribution in [0.5, 0.6) is 0 Å². The average Bonchev–Trinajstić information content (AvgIpc) is 3.15. The molecule has 2 N–H and O–H groups in total. The van der Waals surface area contributed by atoms with Gasteiger partial charge in [-0.1, -0.05) is 62.4 Å². The van der Waals surface area contributed by atoms with Gasteiger partial charge in [-0.15, -0.1) is 0 Å². The molecule has 0 aromatic heterocycles. The van der Waals surface area contributed by atoms with Crippen LogP contribution in [0.2, 0.25) is 0 Å². The van der Waals surface area contributed by atoms with Crippen molar-refractivity contribution in [3.8, 4) is 0 Å². The fourth-order valence-electron chi connectivity index (χ4n) is 4.11. The Hall–Kier alpha value is -4.20. The van der Waals surface area contributed by atoms with Crippen LogP contribution in [0, 0.1) is 11.7 Å². The standard InChI is InChI=1S/C28H28FN3O4/c1-18(2)15-24(33)30-22-13-11-20(12-14-22)26-25(27(34)31-23-10-6-9-21(29)16-23)32(28(35)36-26)17-19-7-4-3-5-8-19/h3-14,16,18,25-26H,15,17H2,1-2H3,(H,30,33)(H,31,34). The number of rotatable bonds is 8. The molecule has 2 unspecified atom stereocenters. The molecule has 0 bridgehead atoms. The molecule has 8 heteroatoms. The number of amides is 3. The van der Waals surface area contributed by atoms with Crippen molar-refractivity contribution in [3.05, 3.63) is 95.8 Å². The number of halogens is 1. The van der Waals surface area contributed by atoms with Crippen molar-refractivity contribution in [1.29, 1.82) is 0 Å². The van der Waals surface area contributed by atoms with Gasteiger partial charge in [0.25, 0.3) is 5.91 Å². The molecule has 36 heavy (non-hydrogen) atoms. The number of benzene rings is 3. The summed E-state index contributed by atoms with van der Waals surface area (Å²) in [5.41, 5.74) is 2.32. The van der Waals surface area contributed by atoms with Gasteiger partial charge in [0.1, 0.15) is 5.82 Å². The first kappa shape index (κ1) is 24.9. The van der Waals surface area contributed by atoms with E-state index in [1.807, 2.05) is 44.2 Å². The summed E-state index contributed by atoms with van der Waals surface area (Å²) in [7, 11) is 0. The zero-order chi connectivity index (χ0) is 25.7. The Bertz CT molecular complexity index is 1230. The van der Waals surface area contributed by atoms with Crippen LogP contribution < -0.4 is 10.6 Å². The van der Waals surface area contributed by atoms with Crippen molar-refractivity contribution < 1.29 is 23.5 Å². The fourth-order valence-corrected chi connectivity index (χ4v) is 4.11. The van der Waals surface area contributed by atoms with Gasteiger partial charge < -0.3 is 15.4 Å². The maximum absolute atomic E-state index is 13.7. The highest BCUT2D eigenvalue weighted by Gasteiger charge is 2.47. The summed E-state index contributed by atoms with van der Waals surface area (Å²) in [5, 5.41) is 5.55. The highest BCUT2D eigenvalue weighted by Crippen LogP contribution is 2.35. The summed E-state index contributed by atoms with van der Waals surface area (Å²) in [4.78, 5) is 39.8. The number of cyclic esters (lactones) is 1. The normalized spacial score (nSPS) is 17.1. The molecule has 0 saturated carbocycles. The van der Waals surface area contributed by atoms with Crippen molar-refractivity contribution in [2.24, 2.45) is 5.92 Å². The second-order valence-electron chi connectivity index (χ2n) is 9.13. The van der Waals surface area contributed by atoms with Gasteiger partial charge in [-0.05, 0) is 47.4 Å². The summed E-state index contributed by atoms with van der Waals surface area (Å²) in [6, 6.07) is 20.7. The second-order valence-corrected chi connectivity index (χ2v) is 9.13. The van der Waals surface area contributed by atoms with Crippen molar-refractivity contribution in [2.75, 3.05) is 10.6 Å². The van der Waals surface area contributed by atoms with E-state index in [1.165, 1.54) is 23.1 Å². The van der Waals surface area contributed by atoms with E-state index in [1.54, 1.807) is 30.3 Å². The zero-order valence-corrected chi connectivity index (χ0v) is 20.1. The van der Waals surface area contributed by atoms with Crippen molar-refractivity contribution in [2.45, 2.75) is 39.0 Å². The second kappa shape index (κ2) is 11.0. The smallest absolute Gasteiger partial charge is 0.411 e. The van der Waals surface area contributed by atoms with Crippen LogP contribution in [0.15, 0.2) is 78.9 Å². The first-order chi connectivity index (χ1) is 17.3. The molecule has 1 aliphatic heterocycles. The first-order valence-corrected chi connectivity index (χ1v) is 11.8. The third-order valence-corrected chi connectivity index (χ3v) is 5.76. The molecule has 1 aliphatic rings. The van der Waals surface area contributed by atoms with E-state index in [0.717, 1.165) is 5.56 Å². The summed E-state index contributed by atoms with van der Waals surface area (Å²) in [6.07, 6.45) is -1.12. The average molecular weight is 490 g/mol. The molecule has 4 rings (SSSR count). The van der Waals surface area contributed by atoms with Crippen molar-refractivity contribution in [3.63, 3.8) is 0 Å². The van der Waals surface area contributed by atoms with E-state index < -0.39 is 30.0 Å². The van der Waals surface area contributed by atoms with Crippen LogP contribution >= 0.6 is 0 Å². The van der Waals surface area contributed by atoms with Gasteiger partial charge in [-0.3, -0.25) is 14.5 Å². The van der Waals surface area contributed by atoms with Crippen molar-refractivity contribution >= 4 is 29.3 Å². The highest BCUT2D eigenvalue weighted by atomic mass is 19.1. The molecule has 3 aromatic rings. The van der Waals surface area contributed by atoms with E-state index in [2.05, 4.69) is 10.6 Å². The van der Waals surface area contributed by atoms with Gasteiger partial charge in [0.05, 0.1) is 6.54 Å².